The van der Waals surface area contributed by atoms with Gasteiger partial charge in [0.05, 0.1) is 31.0 Å². The molecule has 148 valence electrons. The first-order valence-electron chi connectivity index (χ1n) is 9.40. The molecule has 0 radical (unpaired) electrons. The van der Waals surface area contributed by atoms with Crippen LogP contribution in [0.15, 0.2) is 18.6 Å². The fourth-order valence-electron chi connectivity index (χ4n) is 4.50. The molecule has 2 saturated heterocycles. The van der Waals surface area contributed by atoms with Crippen LogP contribution in [0.5, 0.6) is 0 Å². The molecule has 2 aromatic heterocycles. The molecule has 4 heterocycles. The molecule has 0 unspecified atom stereocenters. The minimum Gasteiger partial charge on any atom is -0.469 e. The van der Waals surface area contributed by atoms with E-state index in [1.54, 1.807) is 26.8 Å². The molecule has 0 aromatic carbocycles. The molecule has 0 spiro atoms. The average molecular weight is 385 g/mol. The number of ether oxygens (including phenoxy) is 1. The number of rotatable bonds is 3. The van der Waals surface area contributed by atoms with E-state index in [0.29, 0.717) is 36.1 Å². The van der Waals surface area contributed by atoms with Gasteiger partial charge in [0, 0.05) is 25.8 Å². The summed E-state index contributed by atoms with van der Waals surface area (Å²) in [7, 11) is 3.20. The highest BCUT2D eigenvalue weighted by Crippen LogP contribution is 2.35. The zero-order chi connectivity index (χ0) is 20.0. The number of carbonyl (C=O) groups excluding carboxylic acids is 3. The molecular formula is C19H23N5O4. The number of methoxy groups -OCH3 is 1. The molecule has 3 atom stereocenters. The van der Waals surface area contributed by atoms with Crippen LogP contribution in [0.25, 0.3) is 11.2 Å². The van der Waals surface area contributed by atoms with Crippen LogP contribution >= 0.6 is 0 Å². The normalized spacial score (nSPS) is 24.5. The summed E-state index contributed by atoms with van der Waals surface area (Å²) in [6.45, 7) is 2.36. The lowest BCUT2D eigenvalue weighted by atomic mass is 9.97. The van der Waals surface area contributed by atoms with Crippen molar-refractivity contribution in [1.29, 1.82) is 0 Å². The van der Waals surface area contributed by atoms with Gasteiger partial charge in [0.1, 0.15) is 12.1 Å². The van der Waals surface area contributed by atoms with Gasteiger partial charge in [-0.25, -0.2) is 9.97 Å². The van der Waals surface area contributed by atoms with Crippen LogP contribution < -0.4 is 0 Å². The molecule has 28 heavy (non-hydrogen) atoms. The second kappa shape index (κ2) is 6.88. The van der Waals surface area contributed by atoms with Crippen LogP contribution in [0.1, 0.15) is 30.1 Å². The fraction of sp³-hybridized carbons (Fsp3) is 0.526. The third-order valence-electron chi connectivity index (χ3n) is 5.79. The lowest BCUT2D eigenvalue weighted by molar-refractivity contribution is -0.147. The number of carbonyl (C=O) groups is 3. The monoisotopic (exact) mass is 385 g/mol. The van der Waals surface area contributed by atoms with Crippen molar-refractivity contribution >= 4 is 28.9 Å². The van der Waals surface area contributed by atoms with Gasteiger partial charge >= 0.3 is 5.97 Å². The summed E-state index contributed by atoms with van der Waals surface area (Å²) in [6, 6.07) is 1.35. The molecule has 4 rings (SSSR count). The van der Waals surface area contributed by atoms with Crippen LogP contribution in [-0.2, 0) is 21.4 Å². The standard InChI is InChI=1S/C19H23N5O4/c1-4-15-13(19(27)28-3)6-12-8-23(9-16(25)24(12)15)18(26)11-5-14-17(20-7-11)22(2)10-21-14/h5,7,10,12-13,15H,4,6,8-9H2,1-3H3/t12-,13-,15-/m0/s1. The maximum atomic E-state index is 13.0. The first-order valence-corrected chi connectivity index (χ1v) is 9.40. The highest BCUT2D eigenvalue weighted by molar-refractivity contribution is 5.99. The number of hydrogen-bond donors (Lipinski definition) is 0. The third-order valence-corrected chi connectivity index (χ3v) is 5.79. The first kappa shape index (κ1) is 18.4. The topological polar surface area (TPSA) is 97.6 Å². The molecule has 2 aliphatic rings. The zero-order valence-corrected chi connectivity index (χ0v) is 16.2. The Morgan fingerprint density at radius 2 is 2.11 bits per heavy atom. The predicted molar refractivity (Wildman–Crippen MR) is 99.2 cm³/mol. The Hall–Kier alpha value is -2.97. The van der Waals surface area contributed by atoms with E-state index in [4.69, 9.17) is 4.74 Å². The lowest BCUT2D eigenvalue weighted by Gasteiger charge is -2.39. The van der Waals surface area contributed by atoms with Crippen molar-refractivity contribution < 1.29 is 19.1 Å². The van der Waals surface area contributed by atoms with E-state index in [1.165, 1.54) is 13.3 Å². The Balaban J connectivity index is 1.56. The number of hydrogen-bond acceptors (Lipinski definition) is 6. The Labute approximate surface area is 162 Å². The van der Waals surface area contributed by atoms with Crippen molar-refractivity contribution in [2.75, 3.05) is 20.2 Å². The molecule has 9 nitrogen and oxygen atoms in total. The summed E-state index contributed by atoms with van der Waals surface area (Å²) < 4.78 is 6.70. The van der Waals surface area contributed by atoms with E-state index in [0.717, 1.165) is 0 Å². The van der Waals surface area contributed by atoms with Crippen molar-refractivity contribution in [1.82, 2.24) is 24.3 Å². The predicted octanol–water partition coefficient (Wildman–Crippen LogP) is 0.593. The Bertz CT molecular complexity index is 955. The second-order valence-corrected chi connectivity index (χ2v) is 7.40. The van der Waals surface area contributed by atoms with Gasteiger partial charge in [-0.1, -0.05) is 6.92 Å². The van der Waals surface area contributed by atoms with Crippen LogP contribution in [-0.4, -0.2) is 74.4 Å². The molecule has 0 aliphatic carbocycles. The van der Waals surface area contributed by atoms with E-state index < -0.39 is 0 Å². The number of fused-ring (bicyclic) bond motifs is 2. The summed E-state index contributed by atoms with van der Waals surface area (Å²) in [5.74, 6) is -1.01. The van der Waals surface area contributed by atoms with E-state index in [9.17, 15) is 14.4 Å². The number of imidazole rings is 1. The summed E-state index contributed by atoms with van der Waals surface area (Å²) in [5, 5.41) is 0. The number of nitrogens with zero attached hydrogens (tertiary/aromatic N) is 5. The highest BCUT2D eigenvalue weighted by atomic mass is 16.5. The van der Waals surface area contributed by atoms with Gasteiger partial charge in [0.15, 0.2) is 5.65 Å². The highest BCUT2D eigenvalue weighted by Gasteiger charge is 2.49. The van der Waals surface area contributed by atoms with Crippen LogP contribution in [0.4, 0.5) is 0 Å². The fourth-order valence-corrected chi connectivity index (χ4v) is 4.50. The quantitative estimate of drug-likeness (QED) is 0.718. The Morgan fingerprint density at radius 3 is 2.82 bits per heavy atom. The molecule has 0 saturated carbocycles. The zero-order valence-electron chi connectivity index (χ0n) is 16.2. The molecule has 0 N–H and O–H groups in total. The van der Waals surface area contributed by atoms with Gasteiger partial charge in [-0.05, 0) is 18.9 Å². The van der Waals surface area contributed by atoms with Gasteiger partial charge < -0.3 is 19.1 Å². The van der Waals surface area contributed by atoms with Crippen LogP contribution in [0.3, 0.4) is 0 Å². The van der Waals surface area contributed by atoms with Crippen molar-refractivity contribution in [2.45, 2.75) is 31.8 Å². The van der Waals surface area contributed by atoms with Crippen molar-refractivity contribution in [3.63, 3.8) is 0 Å². The Morgan fingerprint density at radius 1 is 1.32 bits per heavy atom. The Kier molecular flexibility index (Phi) is 4.52. The van der Waals surface area contributed by atoms with E-state index in [-0.39, 0.29) is 42.3 Å². The number of aryl methyl sites for hydroxylation is 1. The molecule has 2 aliphatic heterocycles. The maximum Gasteiger partial charge on any atom is 0.310 e. The average Bonchev–Trinajstić information content (AvgIpc) is 3.27. The van der Waals surface area contributed by atoms with E-state index in [1.807, 2.05) is 14.0 Å². The summed E-state index contributed by atoms with van der Waals surface area (Å²) in [6.07, 6.45) is 4.35. The number of esters is 1. The largest absolute Gasteiger partial charge is 0.469 e. The van der Waals surface area contributed by atoms with Gasteiger partial charge in [0.2, 0.25) is 5.91 Å². The van der Waals surface area contributed by atoms with E-state index >= 15 is 0 Å². The molecular weight excluding hydrogens is 362 g/mol. The summed E-state index contributed by atoms with van der Waals surface area (Å²) in [4.78, 5) is 49.8. The van der Waals surface area contributed by atoms with Crippen molar-refractivity contribution in [3.05, 3.63) is 24.2 Å². The van der Waals surface area contributed by atoms with Gasteiger partial charge in [-0.2, -0.15) is 0 Å². The lowest BCUT2D eigenvalue weighted by Crippen LogP contribution is -2.57. The minimum absolute atomic E-state index is 0.0000185. The number of amides is 2. The summed E-state index contributed by atoms with van der Waals surface area (Å²) in [5.41, 5.74) is 1.73. The maximum absolute atomic E-state index is 13.0. The smallest absolute Gasteiger partial charge is 0.310 e. The summed E-state index contributed by atoms with van der Waals surface area (Å²) >= 11 is 0. The van der Waals surface area contributed by atoms with E-state index in [2.05, 4.69) is 9.97 Å². The van der Waals surface area contributed by atoms with Crippen molar-refractivity contribution in [3.8, 4) is 0 Å². The van der Waals surface area contributed by atoms with Gasteiger partial charge in [-0.3, -0.25) is 14.4 Å². The minimum atomic E-state index is -0.342. The SMILES string of the molecule is CC[C@H]1[C@@H](C(=O)OC)C[C@H]2CN(C(=O)c3cnc4c(c3)ncn4C)CC(=O)N21. The first-order chi connectivity index (χ1) is 13.4. The molecule has 2 aromatic rings. The number of aromatic nitrogens is 3. The third kappa shape index (κ3) is 2.81. The molecule has 0 bridgehead atoms. The molecule has 2 fully saturated rings. The van der Waals surface area contributed by atoms with Gasteiger partial charge in [0.25, 0.3) is 5.91 Å². The second-order valence-electron chi connectivity index (χ2n) is 7.40. The van der Waals surface area contributed by atoms with Gasteiger partial charge in [-0.15, -0.1) is 0 Å². The van der Waals surface area contributed by atoms with Crippen LogP contribution in [0, 0.1) is 5.92 Å². The van der Waals surface area contributed by atoms with Crippen molar-refractivity contribution in [2.24, 2.45) is 13.0 Å². The van der Waals surface area contributed by atoms with Crippen LogP contribution in [0.2, 0.25) is 0 Å². The molecule has 9 heteroatoms. The number of piperazine rings is 1. The molecule has 2 amide bonds. The number of pyridine rings is 1.